The largest absolute Gasteiger partial charge is 0.494 e. The smallest absolute Gasteiger partial charge is 0.368 e. The van der Waals surface area contributed by atoms with Crippen LogP contribution in [0.25, 0.3) is 0 Å². The monoisotopic (exact) mass is 282 g/mol. The van der Waals surface area contributed by atoms with Crippen LogP contribution in [0.5, 0.6) is 0 Å². The quantitative estimate of drug-likeness (QED) is 0.473. The van der Waals surface area contributed by atoms with Gasteiger partial charge in [0.2, 0.25) is 17.8 Å². The Labute approximate surface area is 99.5 Å². The molecular weight excluding hydrogens is 270 g/mol. The molecule has 0 saturated heterocycles. The topological polar surface area (TPSA) is 169 Å². The van der Waals surface area contributed by atoms with Crippen LogP contribution in [0.3, 0.4) is 0 Å². The molecule has 0 aromatic carbocycles. The molecule has 0 aliphatic heterocycles. The fourth-order valence-electron chi connectivity index (χ4n) is 0.594. The number of nitrogens with zero attached hydrogens (tertiary/aromatic N) is 3. The Hall–Kier alpha value is -1.47. The van der Waals surface area contributed by atoms with E-state index in [0.717, 1.165) is 0 Å². The molecule has 0 fully saturated rings. The molecule has 1 aromatic heterocycles. The highest BCUT2D eigenvalue weighted by molar-refractivity contribution is 7.17. The maximum absolute atomic E-state index is 9.57. The van der Waals surface area contributed by atoms with E-state index in [0.29, 0.717) is 0 Å². The summed E-state index contributed by atoms with van der Waals surface area (Å²) in [5.74, 6) is 0.125. The van der Waals surface area contributed by atoms with Gasteiger partial charge in [0.1, 0.15) is 13.2 Å². The lowest BCUT2D eigenvalue weighted by Crippen LogP contribution is -2.05. The molecule has 6 N–H and O–H groups in total. The minimum atomic E-state index is -0.760. The van der Waals surface area contributed by atoms with Crippen molar-refractivity contribution in [2.45, 2.75) is 0 Å². The minimum Gasteiger partial charge on any atom is -0.368 e. The fraction of sp³-hybridized carbons (Fsp3) is 0.400. The molecule has 2 atom stereocenters. The Morgan fingerprint density at radius 3 is 1.35 bits per heavy atom. The van der Waals surface area contributed by atoms with Gasteiger partial charge in [-0.25, -0.2) is 0 Å². The molecule has 1 aromatic rings. The number of rotatable bonds is 5. The van der Waals surface area contributed by atoms with Gasteiger partial charge < -0.3 is 17.2 Å². The van der Waals surface area contributed by atoms with Gasteiger partial charge in [0.15, 0.2) is 0 Å². The second-order valence-electron chi connectivity index (χ2n) is 2.27. The first-order chi connectivity index (χ1) is 8.10. The Morgan fingerprint density at radius 2 is 1.12 bits per heavy atom. The molecule has 17 heavy (non-hydrogen) atoms. The van der Waals surface area contributed by atoms with Crippen LogP contribution in [-0.2, 0) is 18.2 Å². The van der Waals surface area contributed by atoms with Crippen LogP contribution in [-0.4, -0.2) is 28.2 Å². The summed E-state index contributed by atoms with van der Waals surface area (Å²) in [5, 5.41) is 0. The molecule has 0 saturated carbocycles. The second-order valence-corrected chi connectivity index (χ2v) is 3.18. The van der Waals surface area contributed by atoms with Gasteiger partial charge >= 0.3 is 17.4 Å². The third-order valence-electron chi connectivity index (χ3n) is 1.09. The molecule has 0 spiro atoms. The van der Waals surface area contributed by atoms with Crippen molar-refractivity contribution in [3.63, 3.8) is 0 Å². The standard InChI is InChI=1S/C3H6N6.C2H6O4P2/c4-1-7-2(5)9-3(6)8-1;3-7-5-1-2-6-8-4/h(H6,4,5,6,7,8,9);7-8H,1-2H2/q;+2. The third-order valence-corrected chi connectivity index (χ3v) is 1.74. The Kier molecular flexibility index (Phi) is 8.89. The van der Waals surface area contributed by atoms with Gasteiger partial charge in [-0.15, -0.1) is 9.05 Å². The third kappa shape index (κ3) is 9.46. The molecule has 10 nitrogen and oxygen atoms in total. The van der Waals surface area contributed by atoms with E-state index in [-0.39, 0.29) is 31.1 Å². The summed E-state index contributed by atoms with van der Waals surface area (Å²) in [5.41, 5.74) is 15.4. The highest BCUT2D eigenvalue weighted by Gasteiger charge is 1.95. The first kappa shape index (κ1) is 15.5. The summed E-state index contributed by atoms with van der Waals surface area (Å²) in [6.45, 7) is 0.467. The van der Waals surface area contributed by atoms with Crippen molar-refractivity contribution in [2.24, 2.45) is 0 Å². The van der Waals surface area contributed by atoms with E-state index in [1.165, 1.54) is 0 Å². The van der Waals surface area contributed by atoms with E-state index in [1.807, 2.05) is 0 Å². The zero-order chi connectivity index (χ0) is 13.1. The van der Waals surface area contributed by atoms with E-state index in [1.54, 1.807) is 0 Å². The molecule has 0 radical (unpaired) electrons. The zero-order valence-electron chi connectivity index (χ0n) is 8.62. The van der Waals surface area contributed by atoms with Gasteiger partial charge in [0, 0.05) is 0 Å². The molecule has 0 bridgehead atoms. The maximum Gasteiger partial charge on any atom is 0.494 e. The number of anilines is 3. The van der Waals surface area contributed by atoms with Crippen LogP contribution in [0.4, 0.5) is 17.8 Å². The van der Waals surface area contributed by atoms with Crippen LogP contribution >= 0.6 is 17.4 Å². The number of hydrogen-bond acceptors (Lipinski definition) is 10. The van der Waals surface area contributed by atoms with E-state index in [4.69, 9.17) is 17.2 Å². The lowest BCUT2D eigenvalue weighted by atomic mass is 10.8. The Morgan fingerprint density at radius 1 is 0.824 bits per heavy atom. The van der Waals surface area contributed by atoms with Crippen LogP contribution in [0.1, 0.15) is 0 Å². The number of nitrogen functional groups attached to an aromatic ring is 3. The van der Waals surface area contributed by atoms with Gasteiger partial charge in [-0.2, -0.15) is 15.0 Å². The molecule has 0 aliphatic carbocycles. The van der Waals surface area contributed by atoms with Gasteiger partial charge in [-0.1, -0.05) is 0 Å². The highest BCUT2D eigenvalue weighted by atomic mass is 31.1. The van der Waals surface area contributed by atoms with Crippen LogP contribution in [0.15, 0.2) is 0 Å². The predicted octanol–water partition coefficient (Wildman–Crippen LogP) is -0.484. The van der Waals surface area contributed by atoms with Gasteiger partial charge in [0.05, 0.1) is 0 Å². The molecule has 12 heteroatoms. The molecular formula is C5H12N6O4P2+2. The molecule has 2 unspecified atom stereocenters. The van der Waals surface area contributed by atoms with E-state index < -0.39 is 17.4 Å². The predicted molar refractivity (Wildman–Crippen MR) is 63.0 cm³/mol. The molecule has 1 rings (SSSR count). The SMILES string of the molecule is Nc1nc(N)nc(N)n1.O=[PH+]OCCO[PH+]=O. The molecule has 0 aliphatic rings. The lowest BCUT2D eigenvalue weighted by Gasteiger charge is -1.93. The molecule has 94 valence electrons. The molecule has 0 amide bonds. The van der Waals surface area contributed by atoms with Crippen molar-refractivity contribution < 1.29 is 18.2 Å². The van der Waals surface area contributed by atoms with Crippen LogP contribution in [0.2, 0.25) is 0 Å². The highest BCUT2D eigenvalue weighted by Crippen LogP contribution is 1.97. The summed E-state index contributed by atoms with van der Waals surface area (Å²) in [4.78, 5) is 10.5. The number of nitrogens with two attached hydrogens (primary N) is 3. The van der Waals surface area contributed by atoms with Crippen molar-refractivity contribution in [3.8, 4) is 0 Å². The van der Waals surface area contributed by atoms with E-state index in [9.17, 15) is 9.13 Å². The minimum absolute atomic E-state index is 0.0417. The summed E-state index contributed by atoms with van der Waals surface area (Å²) in [6.07, 6.45) is 0. The summed E-state index contributed by atoms with van der Waals surface area (Å²) >= 11 is 0. The van der Waals surface area contributed by atoms with Crippen molar-refractivity contribution in [2.75, 3.05) is 30.4 Å². The maximum atomic E-state index is 9.57. The average molecular weight is 282 g/mol. The summed E-state index contributed by atoms with van der Waals surface area (Å²) < 4.78 is 27.8. The van der Waals surface area contributed by atoms with Gasteiger partial charge in [-0.3, -0.25) is 0 Å². The normalized spacial score (nSPS) is 9.88. The summed E-state index contributed by atoms with van der Waals surface area (Å²) in [6, 6.07) is 0. The van der Waals surface area contributed by atoms with Gasteiger partial charge in [-0.05, 0) is 9.13 Å². The first-order valence-electron chi connectivity index (χ1n) is 4.10. The van der Waals surface area contributed by atoms with Crippen molar-refractivity contribution in [1.29, 1.82) is 0 Å². The van der Waals surface area contributed by atoms with Crippen molar-refractivity contribution in [1.82, 2.24) is 15.0 Å². The van der Waals surface area contributed by atoms with E-state index in [2.05, 4.69) is 24.0 Å². The summed E-state index contributed by atoms with van der Waals surface area (Å²) in [7, 11) is -1.52. The zero-order valence-corrected chi connectivity index (χ0v) is 10.6. The Balaban J connectivity index is 0.000000304. The van der Waals surface area contributed by atoms with Crippen molar-refractivity contribution in [3.05, 3.63) is 0 Å². The lowest BCUT2D eigenvalue weighted by molar-refractivity contribution is 0.243. The van der Waals surface area contributed by atoms with Crippen LogP contribution in [0, 0.1) is 0 Å². The van der Waals surface area contributed by atoms with E-state index >= 15 is 0 Å². The fourth-order valence-corrected chi connectivity index (χ4v) is 0.927. The second kappa shape index (κ2) is 9.73. The Bertz CT molecular complexity index is 306. The number of aromatic nitrogens is 3. The first-order valence-corrected chi connectivity index (χ1v) is 5.73. The molecule has 1 heterocycles. The van der Waals surface area contributed by atoms with Gasteiger partial charge in [0.25, 0.3) is 0 Å². The van der Waals surface area contributed by atoms with Crippen LogP contribution < -0.4 is 17.2 Å². The average Bonchev–Trinajstić information content (AvgIpc) is 2.23. The van der Waals surface area contributed by atoms with Crippen molar-refractivity contribution >= 4 is 35.2 Å². The number of hydrogen-bond donors (Lipinski definition) is 3.